The predicted molar refractivity (Wildman–Crippen MR) is 223 cm³/mol. The molecule has 3 aromatic heterocycles. The van der Waals surface area contributed by atoms with Crippen LogP contribution in [-0.4, -0.2) is 14.1 Å². The zero-order chi connectivity index (χ0) is 48.0. The fraction of sp³-hybridized carbons (Fsp3) is 0.0400. The molecule has 0 aliphatic carbocycles. The van der Waals surface area contributed by atoms with Crippen molar-refractivity contribution in [2.75, 3.05) is 0 Å². The summed E-state index contributed by atoms with van der Waals surface area (Å²) in [5.41, 5.74) is 3.69. The molecule has 0 saturated heterocycles. The number of rotatable bonds is 8. The first-order chi connectivity index (χ1) is 32.6. The van der Waals surface area contributed by atoms with E-state index in [1.807, 2.05) is 72.2 Å². The number of imidazole rings is 1. The number of hydrogen-bond donors (Lipinski definition) is 0. The summed E-state index contributed by atoms with van der Waals surface area (Å²) in [7, 11) is 0. The number of pyridine rings is 1. The summed E-state index contributed by atoms with van der Waals surface area (Å²) in [5, 5.41) is 1.77. The van der Waals surface area contributed by atoms with Gasteiger partial charge >= 0.3 is 0 Å². The van der Waals surface area contributed by atoms with E-state index in [1.165, 1.54) is 0 Å². The molecule has 3 heterocycles. The molecule has 262 valence electrons. The molecule has 0 saturated carbocycles. The second kappa shape index (κ2) is 13.6. The molecule has 0 spiro atoms. The minimum Gasteiger partial charge on any atom is -0.458 e. The van der Waals surface area contributed by atoms with Crippen molar-refractivity contribution in [3.8, 4) is 50.9 Å². The first kappa shape index (κ1) is 21.5. The summed E-state index contributed by atoms with van der Waals surface area (Å²) >= 11 is 0. The van der Waals surface area contributed by atoms with Crippen molar-refractivity contribution in [1.82, 2.24) is 14.1 Å². The summed E-state index contributed by atoms with van der Waals surface area (Å²) < 4.78 is 124. The van der Waals surface area contributed by atoms with Crippen LogP contribution in [0, 0.1) is 6.33 Å². The van der Waals surface area contributed by atoms with Gasteiger partial charge in [-0.1, -0.05) is 134 Å². The quantitative estimate of drug-likeness (QED) is 0.116. The van der Waals surface area contributed by atoms with Crippen LogP contribution in [0.25, 0.3) is 72.3 Å². The Labute approximate surface area is 337 Å². The lowest BCUT2D eigenvalue weighted by Crippen LogP contribution is -2.31. The fourth-order valence-electron chi connectivity index (χ4n) is 7.06. The van der Waals surface area contributed by atoms with Crippen molar-refractivity contribution in [3.05, 3.63) is 200 Å². The number of hydrogen-bond acceptors (Lipinski definition) is 2. The van der Waals surface area contributed by atoms with Gasteiger partial charge in [0, 0.05) is 23.0 Å². The van der Waals surface area contributed by atoms with Crippen molar-refractivity contribution in [2.24, 2.45) is 0 Å². The maximum atomic E-state index is 9.06. The van der Waals surface area contributed by atoms with E-state index in [-0.39, 0.29) is 52.0 Å². The molecule has 0 aliphatic heterocycles. The van der Waals surface area contributed by atoms with Crippen LogP contribution in [0.5, 0.6) is 11.5 Å². The van der Waals surface area contributed by atoms with Crippen molar-refractivity contribution < 1.29 is 27.1 Å². The van der Waals surface area contributed by atoms with Crippen molar-refractivity contribution >= 4 is 32.8 Å². The second-order valence-corrected chi connectivity index (χ2v) is 12.7. The van der Waals surface area contributed by atoms with Gasteiger partial charge in [-0.2, -0.15) is 0 Å². The van der Waals surface area contributed by atoms with E-state index in [2.05, 4.69) is 11.3 Å². The number of fused-ring (bicyclic) bond motifs is 4. The van der Waals surface area contributed by atoms with Crippen molar-refractivity contribution in [1.29, 1.82) is 0 Å². The van der Waals surface area contributed by atoms with Crippen LogP contribution in [0.3, 0.4) is 0 Å². The van der Waals surface area contributed by atoms with Gasteiger partial charge in [-0.05, 0) is 82.7 Å². The van der Waals surface area contributed by atoms with Gasteiger partial charge in [0.2, 0.25) is 0 Å². The van der Waals surface area contributed by atoms with E-state index in [0.717, 1.165) is 16.3 Å². The molecule has 0 amide bonds. The monoisotopic (exact) mass is 721 g/mol. The third kappa shape index (κ3) is 5.74. The molecular weight excluding hydrogens is 673 g/mol. The van der Waals surface area contributed by atoms with E-state index >= 15 is 0 Å². The van der Waals surface area contributed by atoms with E-state index in [9.17, 15) is 0 Å². The lowest BCUT2D eigenvalue weighted by Gasteiger charge is -2.17. The Kier molecular flexibility index (Phi) is 5.32. The highest BCUT2D eigenvalue weighted by molar-refractivity contribution is 6.09. The average molecular weight is 722 g/mol. The van der Waals surface area contributed by atoms with Crippen LogP contribution < -0.4 is 9.30 Å². The molecule has 0 N–H and O–H groups in total. The molecular formula is C50H36N4O. The van der Waals surface area contributed by atoms with E-state index in [0.29, 0.717) is 45.7 Å². The van der Waals surface area contributed by atoms with Crippen LogP contribution in [0.15, 0.2) is 188 Å². The maximum Gasteiger partial charge on any atom is 0.269 e. The molecule has 0 radical (unpaired) electrons. The molecule has 10 aromatic rings. The molecule has 5 heteroatoms. The molecule has 0 bridgehead atoms. The summed E-state index contributed by atoms with van der Waals surface area (Å²) in [4.78, 5) is 4.44. The standard InChI is InChI=1S/C50H36N4O/c1-2-35-29-30-51-49(31-35)54-45-24-10-9-21-43(45)44-28-27-40(33-48(44)54)55-39-20-13-19-38(32-39)52-34-53(47-26-12-11-25-46(47)52)50-41(36-15-5-3-6-16-36)22-14-23-42(50)37-17-7-4-8-18-37/h3-33H,2H2,1H3/i3D,4D,5D,6D,7D,8D,15D,16D,17D,18D,29D,30D,31D. The van der Waals surface area contributed by atoms with Gasteiger partial charge in [-0.3, -0.25) is 13.7 Å². The Balaban J connectivity index is 1.15. The summed E-state index contributed by atoms with van der Waals surface area (Å²) in [6.45, 7) is 1.85. The highest BCUT2D eigenvalue weighted by atomic mass is 16.5. The molecule has 0 fully saturated rings. The highest BCUT2D eigenvalue weighted by Crippen LogP contribution is 2.37. The molecule has 0 unspecified atom stereocenters. The first-order valence-corrected chi connectivity index (χ1v) is 17.6. The van der Waals surface area contributed by atoms with E-state index in [1.54, 1.807) is 57.7 Å². The lowest BCUT2D eigenvalue weighted by atomic mass is 9.95. The third-order valence-electron chi connectivity index (χ3n) is 9.52. The Morgan fingerprint density at radius 2 is 1.33 bits per heavy atom. The van der Waals surface area contributed by atoms with Gasteiger partial charge in [0.1, 0.15) is 17.3 Å². The van der Waals surface area contributed by atoms with Crippen LogP contribution >= 0.6 is 0 Å². The number of ether oxygens (including phenoxy) is 1. The maximum absolute atomic E-state index is 9.06. The normalized spacial score (nSPS) is 14.7. The van der Waals surface area contributed by atoms with Gasteiger partial charge in [0.05, 0.1) is 51.3 Å². The number of para-hydroxylation sites is 4. The molecule has 10 rings (SSSR count). The smallest absolute Gasteiger partial charge is 0.269 e. The molecule has 0 atom stereocenters. The Morgan fingerprint density at radius 1 is 0.655 bits per heavy atom. The van der Waals surface area contributed by atoms with Crippen LogP contribution in [0.2, 0.25) is 0 Å². The molecule has 0 aliphatic rings. The lowest BCUT2D eigenvalue weighted by molar-refractivity contribution is -0.571. The number of benzene rings is 7. The summed E-state index contributed by atoms with van der Waals surface area (Å²) in [5.74, 6) is 1.12. The van der Waals surface area contributed by atoms with E-state index < -0.39 is 60.4 Å². The summed E-state index contributed by atoms with van der Waals surface area (Å²) in [6.07, 6.45) is 3.56. The largest absolute Gasteiger partial charge is 0.458 e. The van der Waals surface area contributed by atoms with E-state index in [4.69, 9.17) is 22.6 Å². The van der Waals surface area contributed by atoms with Crippen molar-refractivity contribution in [2.45, 2.75) is 13.3 Å². The van der Waals surface area contributed by atoms with Crippen LogP contribution in [-0.2, 0) is 6.42 Å². The first-order valence-electron chi connectivity index (χ1n) is 24.1. The highest BCUT2D eigenvalue weighted by Gasteiger charge is 2.20. The Morgan fingerprint density at radius 3 is 2.09 bits per heavy atom. The van der Waals surface area contributed by atoms with Crippen LogP contribution in [0.1, 0.15) is 30.3 Å². The SMILES string of the molecule is [2H]c1nc(-n2c3ccccc3c3ccc(Oc4cccc(-n5[c-][n+](-c6c(-c7c([2H])c([2H])c([2H])c([2H])c7[2H])cccc6-c6c([2H])c([2H])c([2H])c([2H])c6[2H])c6ccccc65)c4)cc32)c([2H])c(CC)c1[2H]. The Hall–Kier alpha value is -7.24. The molecule has 55 heavy (non-hydrogen) atoms. The second-order valence-electron chi connectivity index (χ2n) is 12.7. The van der Waals surface area contributed by atoms with Crippen molar-refractivity contribution in [3.63, 3.8) is 0 Å². The van der Waals surface area contributed by atoms with Gasteiger partial charge in [0.25, 0.3) is 6.33 Å². The average Bonchev–Trinajstić information content (AvgIpc) is 3.89. The Bertz CT molecular complexity index is 3630. The topological polar surface area (TPSA) is 35.9 Å². The number of nitrogens with zero attached hydrogens (tertiary/aromatic N) is 4. The zero-order valence-corrected chi connectivity index (χ0v) is 29.3. The minimum absolute atomic E-state index is 0.0685. The van der Waals surface area contributed by atoms with Gasteiger partial charge in [0.15, 0.2) is 0 Å². The van der Waals surface area contributed by atoms with Gasteiger partial charge in [-0.15, -0.1) is 0 Å². The van der Waals surface area contributed by atoms with Gasteiger partial charge in [-0.25, -0.2) is 4.98 Å². The minimum atomic E-state index is -0.584. The number of aromatic nitrogens is 4. The summed E-state index contributed by atoms with van der Waals surface area (Å²) in [6, 6.07) is 27.1. The van der Waals surface area contributed by atoms with Crippen LogP contribution in [0.4, 0.5) is 0 Å². The molecule has 7 aromatic carbocycles. The zero-order valence-electron chi connectivity index (χ0n) is 42.3. The molecule has 5 nitrogen and oxygen atoms in total. The fourth-order valence-corrected chi connectivity index (χ4v) is 7.06. The predicted octanol–water partition coefficient (Wildman–Crippen LogP) is 11.9. The van der Waals surface area contributed by atoms with Gasteiger partial charge < -0.3 is 4.74 Å². The third-order valence-corrected chi connectivity index (χ3v) is 9.52.